The third-order valence-corrected chi connectivity index (χ3v) is 6.20. The molecule has 196 valence electrons. The lowest BCUT2D eigenvalue weighted by atomic mass is 9.89. The molecule has 0 radical (unpaired) electrons. The SMILES string of the molecule is Cn1cc(-c2cnn3c(-c4ccc(CC(=O)Nc5cc(C(C)(C)C(F)(F)F)on5)c(F)c4)cnc3c2)cn1. The predicted octanol–water partition coefficient (Wildman–Crippen LogP) is 4.95. The van der Waals surface area contributed by atoms with Gasteiger partial charge in [0.2, 0.25) is 5.91 Å². The number of hydrogen-bond donors (Lipinski definition) is 1. The van der Waals surface area contributed by atoms with E-state index in [2.05, 4.69) is 25.7 Å². The van der Waals surface area contributed by atoms with Gasteiger partial charge in [-0.05, 0) is 31.5 Å². The molecule has 4 heterocycles. The molecule has 0 saturated carbocycles. The summed E-state index contributed by atoms with van der Waals surface area (Å²) in [4.78, 5) is 16.8. The number of carbonyl (C=O) groups is 1. The zero-order valence-electron chi connectivity index (χ0n) is 20.4. The molecule has 38 heavy (non-hydrogen) atoms. The molecule has 0 fully saturated rings. The van der Waals surface area contributed by atoms with E-state index < -0.39 is 29.1 Å². The van der Waals surface area contributed by atoms with E-state index in [1.54, 1.807) is 33.9 Å². The van der Waals surface area contributed by atoms with Gasteiger partial charge in [0.25, 0.3) is 0 Å². The number of benzene rings is 1. The molecule has 5 rings (SSSR count). The number of halogens is 4. The largest absolute Gasteiger partial charge is 0.401 e. The van der Waals surface area contributed by atoms with Crippen LogP contribution in [-0.2, 0) is 23.7 Å². The molecule has 0 atom stereocenters. The fourth-order valence-electron chi connectivity index (χ4n) is 3.78. The second kappa shape index (κ2) is 9.08. The second-order valence-electron chi connectivity index (χ2n) is 9.29. The zero-order chi connectivity index (χ0) is 27.2. The monoisotopic (exact) mass is 527 g/mol. The molecule has 0 bridgehead atoms. The van der Waals surface area contributed by atoms with Gasteiger partial charge in [-0.2, -0.15) is 23.4 Å². The van der Waals surface area contributed by atoms with Gasteiger partial charge in [0, 0.05) is 36.0 Å². The Kier molecular flexibility index (Phi) is 6.00. The molecule has 13 heteroatoms. The third-order valence-electron chi connectivity index (χ3n) is 6.20. The zero-order valence-corrected chi connectivity index (χ0v) is 20.4. The number of aromatic nitrogens is 6. The first kappa shape index (κ1) is 25.1. The number of alkyl halides is 3. The number of nitrogens with zero attached hydrogens (tertiary/aromatic N) is 6. The van der Waals surface area contributed by atoms with Gasteiger partial charge >= 0.3 is 6.18 Å². The van der Waals surface area contributed by atoms with Gasteiger partial charge in [-0.1, -0.05) is 17.3 Å². The first-order chi connectivity index (χ1) is 17.9. The van der Waals surface area contributed by atoms with Crippen molar-refractivity contribution in [2.24, 2.45) is 7.05 Å². The minimum atomic E-state index is -4.57. The maximum absolute atomic E-state index is 14.9. The van der Waals surface area contributed by atoms with Crippen LogP contribution in [0.4, 0.5) is 23.4 Å². The van der Waals surface area contributed by atoms with E-state index in [0.29, 0.717) is 16.9 Å². The minimum Gasteiger partial charge on any atom is -0.358 e. The molecule has 0 aliphatic heterocycles. The van der Waals surface area contributed by atoms with Crippen LogP contribution in [0, 0.1) is 5.82 Å². The van der Waals surface area contributed by atoms with Gasteiger partial charge in [0.15, 0.2) is 17.2 Å². The Hall–Kier alpha value is -4.55. The molecular weight excluding hydrogens is 506 g/mol. The van der Waals surface area contributed by atoms with Gasteiger partial charge in [0.1, 0.15) is 11.2 Å². The molecule has 9 nitrogen and oxygen atoms in total. The normalized spacial score (nSPS) is 12.3. The van der Waals surface area contributed by atoms with Crippen LogP contribution in [0.25, 0.3) is 28.0 Å². The van der Waals surface area contributed by atoms with Crippen LogP contribution in [0.2, 0.25) is 0 Å². The minimum absolute atomic E-state index is 0.0891. The summed E-state index contributed by atoms with van der Waals surface area (Å²) in [5.41, 5.74) is 1.12. The van der Waals surface area contributed by atoms with Crippen molar-refractivity contribution in [2.45, 2.75) is 31.9 Å². The number of anilines is 1. The smallest absolute Gasteiger partial charge is 0.358 e. The van der Waals surface area contributed by atoms with E-state index in [1.165, 1.54) is 12.1 Å². The summed E-state index contributed by atoms with van der Waals surface area (Å²) >= 11 is 0. The molecular formula is C25H21F4N7O2. The van der Waals surface area contributed by atoms with Crippen LogP contribution in [-0.4, -0.2) is 41.6 Å². The van der Waals surface area contributed by atoms with E-state index in [1.807, 2.05) is 19.3 Å². The summed E-state index contributed by atoms with van der Waals surface area (Å²) in [5, 5.41) is 14.4. The van der Waals surface area contributed by atoms with E-state index >= 15 is 0 Å². The highest BCUT2D eigenvalue weighted by Gasteiger charge is 2.51. The quantitative estimate of drug-likeness (QED) is 0.314. The predicted molar refractivity (Wildman–Crippen MR) is 129 cm³/mol. The molecule has 1 N–H and O–H groups in total. The fourth-order valence-corrected chi connectivity index (χ4v) is 3.78. The average Bonchev–Trinajstić information content (AvgIpc) is 3.59. The molecule has 0 aliphatic rings. The van der Waals surface area contributed by atoms with E-state index in [-0.39, 0.29) is 17.8 Å². The van der Waals surface area contributed by atoms with E-state index in [4.69, 9.17) is 4.52 Å². The van der Waals surface area contributed by atoms with Crippen molar-refractivity contribution in [3.05, 3.63) is 72.3 Å². The molecule has 0 aliphatic carbocycles. The Morgan fingerprint density at radius 3 is 2.47 bits per heavy atom. The van der Waals surface area contributed by atoms with Crippen molar-refractivity contribution < 1.29 is 26.9 Å². The molecule has 1 amide bonds. The number of imidazole rings is 1. The fraction of sp³-hybridized carbons (Fsp3) is 0.240. The van der Waals surface area contributed by atoms with Gasteiger partial charge in [-0.3, -0.25) is 9.48 Å². The molecule has 5 aromatic rings. The van der Waals surface area contributed by atoms with E-state index in [9.17, 15) is 22.4 Å². The number of nitrogens with one attached hydrogen (secondary N) is 1. The van der Waals surface area contributed by atoms with Gasteiger partial charge in [-0.15, -0.1) is 0 Å². The average molecular weight is 527 g/mol. The second-order valence-corrected chi connectivity index (χ2v) is 9.29. The number of rotatable bonds is 6. The first-order valence-corrected chi connectivity index (χ1v) is 11.4. The molecule has 1 aromatic carbocycles. The first-order valence-electron chi connectivity index (χ1n) is 11.4. The highest BCUT2D eigenvalue weighted by atomic mass is 19.4. The van der Waals surface area contributed by atoms with Crippen molar-refractivity contribution in [1.29, 1.82) is 0 Å². The van der Waals surface area contributed by atoms with E-state index in [0.717, 1.165) is 31.0 Å². The third kappa shape index (κ3) is 4.62. The van der Waals surface area contributed by atoms with Crippen molar-refractivity contribution in [2.75, 3.05) is 5.32 Å². The Bertz CT molecular complexity index is 1650. The van der Waals surface area contributed by atoms with Crippen LogP contribution in [0.15, 0.2) is 59.6 Å². The number of aryl methyl sites for hydroxylation is 1. The van der Waals surface area contributed by atoms with Crippen LogP contribution < -0.4 is 5.32 Å². The highest BCUT2D eigenvalue weighted by Crippen LogP contribution is 2.41. The summed E-state index contributed by atoms with van der Waals surface area (Å²) in [7, 11) is 1.81. The van der Waals surface area contributed by atoms with Crippen LogP contribution in [0.5, 0.6) is 0 Å². The maximum atomic E-state index is 14.9. The number of hydrogen-bond acceptors (Lipinski definition) is 6. The van der Waals surface area contributed by atoms with Gasteiger partial charge in [-0.25, -0.2) is 13.9 Å². The lowest BCUT2D eigenvalue weighted by molar-refractivity contribution is -0.185. The maximum Gasteiger partial charge on any atom is 0.401 e. The summed E-state index contributed by atoms with van der Waals surface area (Å²) in [6, 6.07) is 7.19. The van der Waals surface area contributed by atoms with Crippen molar-refractivity contribution in [1.82, 2.24) is 29.5 Å². The van der Waals surface area contributed by atoms with Crippen LogP contribution in [0.1, 0.15) is 25.2 Å². The number of fused-ring (bicyclic) bond motifs is 1. The molecule has 0 unspecified atom stereocenters. The standard InChI is InChI=1S/C25H21F4N7O2/c1-24(2,25(27,28)29)20-9-21(34-38-20)33-23(37)8-14-4-5-15(6-18(14)26)19-12-30-22-7-16(10-32-36(19)22)17-11-31-35(3)13-17/h4-7,9-13H,8H2,1-3H3,(H,33,34,37). The van der Waals surface area contributed by atoms with Crippen LogP contribution >= 0.6 is 0 Å². The number of carbonyl (C=O) groups excluding carboxylic acids is 1. The van der Waals surface area contributed by atoms with Crippen molar-refractivity contribution >= 4 is 17.4 Å². The van der Waals surface area contributed by atoms with Crippen molar-refractivity contribution in [3.8, 4) is 22.4 Å². The number of amides is 1. The highest BCUT2D eigenvalue weighted by molar-refractivity contribution is 5.91. The Morgan fingerprint density at radius 2 is 1.79 bits per heavy atom. The summed E-state index contributed by atoms with van der Waals surface area (Å²) in [5.74, 6) is -1.95. The summed E-state index contributed by atoms with van der Waals surface area (Å²) < 4.78 is 62.6. The Balaban J connectivity index is 1.31. The topological polar surface area (TPSA) is 103 Å². The lowest BCUT2D eigenvalue weighted by Crippen LogP contribution is -2.35. The van der Waals surface area contributed by atoms with Gasteiger partial charge in [0.05, 0.1) is 30.7 Å². The molecule has 0 spiro atoms. The van der Waals surface area contributed by atoms with Crippen molar-refractivity contribution in [3.63, 3.8) is 0 Å². The molecule has 0 saturated heterocycles. The van der Waals surface area contributed by atoms with Crippen LogP contribution in [0.3, 0.4) is 0 Å². The molecule has 4 aromatic heterocycles. The summed E-state index contributed by atoms with van der Waals surface area (Å²) in [6.45, 7) is 1.88. The summed E-state index contributed by atoms with van der Waals surface area (Å²) in [6.07, 6.45) is 1.86. The van der Waals surface area contributed by atoms with Gasteiger partial charge < -0.3 is 9.84 Å². The Labute approximate surface area is 213 Å². The Morgan fingerprint density at radius 1 is 1.03 bits per heavy atom. The lowest BCUT2D eigenvalue weighted by Gasteiger charge is -2.24.